The number of aryl methyl sites for hydroxylation is 1. The minimum atomic E-state index is -0.360. The maximum absolute atomic E-state index is 11.4. The minimum Gasteiger partial charge on any atom is -0.496 e. The van der Waals surface area contributed by atoms with Gasteiger partial charge in [0.1, 0.15) is 5.75 Å². The lowest BCUT2D eigenvalue weighted by Gasteiger charge is -2.13. The van der Waals surface area contributed by atoms with Crippen LogP contribution in [-0.2, 0) is 5.75 Å². The van der Waals surface area contributed by atoms with Gasteiger partial charge in [-0.3, -0.25) is 14.7 Å². The molecule has 4 aromatic rings. The molecule has 0 atom stereocenters. The summed E-state index contributed by atoms with van der Waals surface area (Å²) < 4.78 is 7.48. The minimum absolute atomic E-state index is 0.0985. The molecule has 0 spiro atoms. The van der Waals surface area contributed by atoms with E-state index in [1.807, 2.05) is 60.0 Å². The van der Waals surface area contributed by atoms with Gasteiger partial charge in [0.05, 0.1) is 17.6 Å². The summed E-state index contributed by atoms with van der Waals surface area (Å²) in [6.45, 7) is 2.03. The van der Waals surface area contributed by atoms with Gasteiger partial charge in [-0.1, -0.05) is 59.8 Å². The van der Waals surface area contributed by atoms with E-state index < -0.39 is 0 Å². The van der Waals surface area contributed by atoms with Gasteiger partial charge >= 0.3 is 0 Å². The van der Waals surface area contributed by atoms with Crippen LogP contribution < -0.4 is 4.74 Å². The lowest BCUT2D eigenvalue weighted by molar-refractivity contribution is -0.385. The molecule has 0 radical (unpaired) electrons. The van der Waals surface area contributed by atoms with Crippen LogP contribution in [0, 0.1) is 17.0 Å². The maximum Gasteiger partial charge on any atom is 0.273 e. The fraction of sp³-hybridized carbons (Fsp3) is 0.130. The normalized spacial score (nSPS) is 10.8. The third-order valence-corrected chi connectivity index (χ3v) is 5.80. The van der Waals surface area contributed by atoms with Gasteiger partial charge in [-0.25, -0.2) is 0 Å². The number of rotatable bonds is 7. The van der Waals surface area contributed by atoms with Crippen LogP contribution in [0.3, 0.4) is 0 Å². The number of methoxy groups -OCH3 is 1. The van der Waals surface area contributed by atoms with Crippen molar-refractivity contribution >= 4 is 17.4 Å². The molecular formula is C23H20N4O3S. The molecule has 0 saturated heterocycles. The second kappa shape index (κ2) is 9.01. The topological polar surface area (TPSA) is 83.1 Å². The van der Waals surface area contributed by atoms with Crippen molar-refractivity contribution in [3.8, 4) is 22.8 Å². The first-order valence-electron chi connectivity index (χ1n) is 9.59. The standard InChI is InChI=1S/C23H20N4O3S/c1-16-11-13-18(14-12-16)26-22(19-8-4-6-10-21(19)30-2)24-25-23(26)31-15-17-7-3-5-9-20(17)27(28)29/h3-14H,15H2,1-2H3. The molecule has 0 unspecified atom stereocenters. The smallest absolute Gasteiger partial charge is 0.273 e. The molecule has 156 valence electrons. The number of nitro groups is 1. The highest BCUT2D eigenvalue weighted by Crippen LogP contribution is 2.35. The average Bonchev–Trinajstić information content (AvgIpc) is 3.22. The number of hydrogen-bond acceptors (Lipinski definition) is 6. The summed E-state index contributed by atoms with van der Waals surface area (Å²) in [4.78, 5) is 11.0. The summed E-state index contributed by atoms with van der Waals surface area (Å²) >= 11 is 1.40. The predicted molar refractivity (Wildman–Crippen MR) is 121 cm³/mol. The Balaban J connectivity index is 1.78. The number of hydrogen-bond donors (Lipinski definition) is 0. The molecule has 31 heavy (non-hydrogen) atoms. The van der Waals surface area contributed by atoms with Gasteiger partial charge in [-0.15, -0.1) is 10.2 Å². The van der Waals surface area contributed by atoms with Gasteiger partial charge in [0, 0.05) is 23.1 Å². The zero-order valence-corrected chi connectivity index (χ0v) is 17.9. The number of nitro benzene ring substituents is 1. The van der Waals surface area contributed by atoms with Crippen molar-refractivity contribution in [1.82, 2.24) is 14.8 Å². The van der Waals surface area contributed by atoms with Crippen LogP contribution in [0.15, 0.2) is 78.0 Å². The number of nitrogens with zero attached hydrogens (tertiary/aromatic N) is 4. The fourth-order valence-corrected chi connectivity index (χ4v) is 4.20. The van der Waals surface area contributed by atoms with Gasteiger partial charge in [-0.2, -0.15) is 0 Å². The average molecular weight is 433 g/mol. The van der Waals surface area contributed by atoms with E-state index in [9.17, 15) is 10.1 Å². The van der Waals surface area contributed by atoms with Crippen LogP contribution in [0.1, 0.15) is 11.1 Å². The first-order valence-corrected chi connectivity index (χ1v) is 10.6. The SMILES string of the molecule is COc1ccccc1-c1nnc(SCc2ccccc2[N+](=O)[O-])n1-c1ccc(C)cc1. The summed E-state index contributed by atoms with van der Waals surface area (Å²) in [6.07, 6.45) is 0. The van der Waals surface area contributed by atoms with Crippen molar-refractivity contribution in [3.63, 3.8) is 0 Å². The summed E-state index contributed by atoms with van der Waals surface area (Å²) in [5.74, 6) is 1.73. The van der Waals surface area contributed by atoms with Crippen LogP contribution in [0.5, 0.6) is 5.75 Å². The lowest BCUT2D eigenvalue weighted by atomic mass is 10.1. The molecule has 0 bridgehead atoms. The number of benzene rings is 3. The maximum atomic E-state index is 11.4. The zero-order valence-electron chi connectivity index (χ0n) is 17.1. The predicted octanol–water partition coefficient (Wildman–Crippen LogP) is 5.45. The van der Waals surface area contributed by atoms with Crippen molar-refractivity contribution in [2.24, 2.45) is 0 Å². The van der Waals surface area contributed by atoms with Crippen molar-refractivity contribution in [3.05, 3.63) is 94.0 Å². The van der Waals surface area contributed by atoms with Crippen molar-refractivity contribution in [2.45, 2.75) is 17.8 Å². The highest BCUT2D eigenvalue weighted by molar-refractivity contribution is 7.98. The van der Waals surface area contributed by atoms with E-state index in [0.717, 1.165) is 16.8 Å². The van der Waals surface area contributed by atoms with E-state index in [4.69, 9.17) is 4.74 Å². The Bertz CT molecular complexity index is 1220. The van der Waals surface area contributed by atoms with E-state index in [1.54, 1.807) is 25.3 Å². The molecular weight excluding hydrogens is 412 g/mol. The Morgan fingerprint density at radius 1 is 1.00 bits per heavy atom. The molecule has 3 aromatic carbocycles. The largest absolute Gasteiger partial charge is 0.496 e. The van der Waals surface area contributed by atoms with E-state index >= 15 is 0 Å². The number of para-hydroxylation sites is 2. The molecule has 0 N–H and O–H groups in total. The molecule has 0 aliphatic heterocycles. The van der Waals surface area contributed by atoms with Gasteiger partial charge in [-0.05, 0) is 31.2 Å². The van der Waals surface area contributed by atoms with E-state index in [2.05, 4.69) is 10.2 Å². The van der Waals surface area contributed by atoms with Gasteiger partial charge in [0.2, 0.25) is 0 Å². The Hall–Kier alpha value is -3.65. The third-order valence-electron chi connectivity index (χ3n) is 4.82. The van der Waals surface area contributed by atoms with Gasteiger partial charge < -0.3 is 4.74 Å². The van der Waals surface area contributed by atoms with Crippen LogP contribution in [0.4, 0.5) is 5.69 Å². The second-order valence-electron chi connectivity index (χ2n) is 6.85. The molecule has 7 nitrogen and oxygen atoms in total. The summed E-state index contributed by atoms with van der Waals surface area (Å²) in [5.41, 5.74) is 3.60. The number of aromatic nitrogens is 3. The monoisotopic (exact) mass is 432 g/mol. The lowest BCUT2D eigenvalue weighted by Crippen LogP contribution is -2.01. The van der Waals surface area contributed by atoms with Crippen molar-refractivity contribution < 1.29 is 9.66 Å². The molecule has 0 fully saturated rings. The molecule has 1 heterocycles. The highest BCUT2D eigenvalue weighted by Gasteiger charge is 2.20. The van der Waals surface area contributed by atoms with Crippen molar-refractivity contribution in [2.75, 3.05) is 7.11 Å². The Kier molecular flexibility index (Phi) is 5.99. The Morgan fingerprint density at radius 3 is 2.45 bits per heavy atom. The van der Waals surface area contributed by atoms with E-state index in [1.165, 1.54) is 17.8 Å². The summed E-state index contributed by atoms with van der Waals surface area (Å²) in [6, 6.07) is 22.4. The molecule has 0 amide bonds. The summed E-state index contributed by atoms with van der Waals surface area (Å²) in [7, 11) is 1.62. The Labute approximate surface area is 183 Å². The molecule has 0 saturated carbocycles. The Morgan fingerprint density at radius 2 is 1.71 bits per heavy atom. The molecule has 0 aliphatic carbocycles. The zero-order chi connectivity index (χ0) is 21.8. The highest BCUT2D eigenvalue weighted by atomic mass is 32.2. The van der Waals surface area contributed by atoms with Crippen LogP contribution in [0.2, 0.25) is 0 Å². The fourth-order valence-electron chi connectivity index (χ4n) is 3.25. The van der Waals surface area contributed by atoms with Gasteiger partial charge in [0.15, 0.2) is 11.0 Å². The molecule has 4 rings (SSSR count). The van der Waals surface area contributed by atoms with E-state index in [0.29, 0.717) is 28.0 Å². The van der Waals surface area contributed by atoms with Gasteiger partial charge in [0.25, 0.3) is 5.69 Å². The summed E-state index contributed by atoms with van der Waals surface area (Å²) in [5, 5.41) is 20.9. The first-order chi connectivity index (χ1) is 15.1. The van der Waals surface area contributed by atoms with E-state index in [-0.39, 0.29) is 10.6 Å². The van der Waals surface area contributed by atoms with Crippen LogP contribution in [-0.4, -0.2) is 26.8 Å². The third kappa shape index (κ3) is 4.29. The first kappa shape index (κ1) is 20.6. The number of ether oxygens (including phenoxy) is 1. The second-order valence-corrected chi connectivity index (χ2v) is 7.79. The quantitative estimate of drug-likeness (QED) is 0.219. The molecule has 8 heteroatoms. The number of thioether (sulfide) groups is 1. The van der Waals surface area contributed by atoms with Crippen molar-refractivity contribution in [1.29, 1.82) is 0 Å². The van der Waals surface area contributed by atoms with Crippen LogP contribution >= 0.6 is 11.8 Å². The van der Waals surface area contributed by atoms with Crippen LogP contribution in [0.25, 0.3) is 17.1 Å². The molecule has 1 aromatic heterocycles. The molecule has 0 aliphatic rings.